The summed E-state index contributed by atoms with van der Waals surface area (Å²) < 4.78 is 23.6. The summed E-state index contributed by atoms with van der Waals surface area (Å²) in [5, 5.41) is 0. The maximum absolute atomic E-state index is 11.1. The van der Waals surface area contributed by atoms with Gasteiger partial charge < -0.3 is 5.73 Å². The summed E-state index contributed by atoms with van der Waals surface area (Å²) >= 11 is 0. The average Bonchev–Trinajstić information content (AvgIpc) is 2.31. The molecule has 0 bridgehead atoms. The van der Waals surface area contributed by atoms with Crippen LogP contribution >= 0.6 is 0 Å². The summed E-state index contributed by atoms with van der Waals surface area (Å²) in [4.78, 5) is 0. The Labute approximate surface area is 67.4 Å². The number of hydrogen-bond donors (Lipinski definition) is 1. The van der Waals surface area contributed by atoms with Crippen LogP contribution in [0.3, 0.4) is 0 Å². The molecule has 4 nitrogen and oxygen atoms in total. The first-order valence-electron chi connectivity index (χ1n) is 3.72. The lowest BCUT2D eigenvalue weighted by Crippen LogP contribution is -2.39. The predicted octanol–water partition coefficient (Wildman–Crippen LogP) is -0.631. The fourth-order valence-corrected chi connectivity index (χ4v) is 2.68. The molecule has 0 aliphatic carbocycles. The van der Waals surface area contributed by atoms with Crippen molar-refractivity contribution >= 4 is 10.0 Å². The molecule has 0 aromatic carbocycles. The average molecular weight is 178 g/mol. The number of nitrogens with zero attached hydrogens (tertiary/aromatic N) is 1. The highest BCUT2D eigenvalue weighted by Crippen LogP contribution is 2.18. The van der Waals surface area contributed by atoms with Crippen LogP contribution < -0.4 is 5.73 Å². The molecule has 1 fully saturated rings. The molecule has 5 heteroatoms. The highest BCUT2D eigenvalue weighted by Gasteiger charge is 2.29. The lowest BCUT2D eigenvalue weighted by Gasteiger charge is -2.19. The van der Waals surface area contributed by atoms with E-state index in [2.05, 4.69) is 0 Å². The van der Waals surface area contributed by atoms with Gasteiger partial charge in [0.15, 0.2) is 0 Å². The molecule has 1 saturated heterocycles. The third kappa shape index (κ3) is 1.91. The van der Waals surface area contributed by atoms with E-state index in [4.69, 9.17) is 5.73 Å². The van der Waals surface area contributed by atoms with E-state index >= 15 is 0 Å². The smallest absolute Gasteiger partial charge is 0.211 e. The highest BCUT2D eigenvalue weighted by molar-refractivity contribution is 7.88. The molecule has 2 N–H and O–H groups in total. The van der Waals surface area contributed by atoms with Gasteiger partial charge in [0.25, 0.3) is 0 Å². The zero-order valence-electron chi connectivity index (χ0n) is 6.66. The summed E-state index contributed by atoms with van der Waals surface area (Å²) in [6, 6.07) is 0.0463. The van der Waals surface area contributed by atoms with Gasteiger partial charge in [-0.15, -0.1) is 0 Å². The third-order valence-electron chi connectivity index (χ3n) is 2.02. The van der Waals surface area contributed by atoms with Crippen molar-refractivity contribution in [1.82, 2.24) is 4.31 Å². The van der Waals surface area contributed by atoms with E-state index in [1.165, 1.54) is 10.6 Å². The van der Waals surface area contributed by atoms with E-state index in [0.29, 0.717) is 13.1 Å². The zero-order chi connectivity index (χ0) is 8.48. The van der Waals surface area contributed by atoms with Crippen molar-refractivity contribution in [2.45, 2.75) is 18.9 Å². The molecular weight excluding hydrogens is 164 g/mol. The van der Waals surface area contributed by atoms with Gasteiger partial charge in [0.05, 0.1) is 6.26 Å². The van der Waals surface area contributed by atoms with E-state index in [1.54, 1.807) is 0 Å². The Balaban J connectivity index is 2.72. The molecule has 1 aliphatic rings. The lowest BCUT2D eigenvalue weighted by atomic mass is 10.2. The van der Waals surface area contributed by atoms with Gasteiger partial charge in [-0.2, -0.15) is 4.31 Å². The molecule has 0 saturated carbocycles. The first-order chi connectivity index (χ1) is 5.05. The van der Waals surface area contributed by atoms with Gasteiger partial charge in [-0.1, -0.05) is 0 Å². The molecule has 1 heterocycles. The molecule has 1 rings (SSSR count). The molecular formula is C6H14N2O2S. The fraction of sp³-hybridized carbons (Fsp3) is 1.00. The van der Waals surface area contributed by atoms with Crippen LogP contribution in [0.5, 0.6) is 0 Å². The zero-order valence-corrected chi connectivity index (χ0v) is 7.47. The molecule has 0 spiro atoms. The summed E-state index contributed by atoms with van der Waals surface area (Å²) in [6.07, 6.45) is 3.08. The number of hydrogen-bond acceptors (Lipinski definition) is 3. The van der Waals surface area contributed by atoms with Crippen molar-refractivity contribution in [3.8, 4) is 0 Å². The maximum Gasteiger partial charge on any atom is 0.211 e. The summed E-state index contributed by atoms with van der Waals surface area (Å²) in [5.74, 6) is 0. The van der Waals surface area contributed by atoms with Crippen LogP contribution in [0.25, 0.3) is 0 Å². The van der Waals surface area contributed by atoms with E-state index in [9.17, 15) is 8.42 Å². The SMILES string of the molecule is CS(=O)(=O)N1CCC[C@@H]1CN. The van der Waals surface area contributed by atoms with Crippen LogP contribution in [0.1, 0.15) is 12.8 Å². The summed E-state index contributed by atoms with van der Waals surface area (Å²) in [5.41, 5.74) is 5.41. The Hall–Kier alpha value is -0.130. The van der Waals surface area contributed by atoms with Gasteiger partial charge >= 0.3 is 0 Å². The number of sulfonamides is 1. The summed E-state index contributed by atoms with van der Waals surface area (Å²) in [7, 11) is -3.01. The maximum atomic E-state index is 11.1. The van der Waals surface area contributed by atoms with Crippen LogP contribution in [-0.4, -0.2) is 38.1 Å². The van der Waals surface area contributed by atoms with E-state index < -0.39 is 10.0 Å². The molecule has 11 heavy (non-hydrogen) atoms. The van der Waals surface area contributed by atoms with Crippen molar-refractivity contribution in [2.24, 2.45) is 5.73 Å². The van der Waals surface area contributed by atoms with Crippen LogP contribution in [0, 0.1) is 0 Å². The molecule has 0 aromatic heterocycles. The first kappa shape index (κ1) is 8.96. The Morgan fingerprint density at radius 1 is 1.64 bits per heavy atom. The monoisotopic (exact) mass is 178 g/mol. The second-order valence-electron chi connectivity index (χ2n) is 2.91. The second kappa shape index (κ2) is 3.08. The molecule has 1 atom stereocenters. The summed E-state index contributed by atoms with van der Waals surface area (Å²) in [6.45, 7) is 1.08. The Morgan fingerprint density at radius 3 is 2.64 bits per heavy atom. The van der Waals surface area contributed by atoms with Crippen LogP contribution in [0.15, 0.2) is 0 Å². The standard InChI is InChI=1S/C6H14N2O2S/c1-11(9,10)8-4-2-3-6(8)5-7/h6H,2-5,7H2,1H3/t6-/m1/s1. The van der Waals surface area contributed by atoms with Crippen molar-refractivity contribution in [3.63, 3.8) is 0 Å². The van der Waals surface area contributed by atoms with E-state index in [1.807, 2.05) is 0 Å². The normalized spacial score (nSPS) is 27.6. The van der Waals surface area contributed by atoms with Crippen LogP contribution in [0.2, 0.25) is 0 Å². The minimum absolute atomic E-state index is 0.0463. The lowest BCUT2D eigenvalue weighted by molar-refractivity contribution is 0.396. The van der Waals surface area contributed by atoms with Crippen LogP contribution in [0.4, 0.5) is 0 Å². The second-order valence-corrected chi connectivity index (χ2v) is 4.84. The molecule has 0 unspecified atom stereocenters. The first-order valence-corrected chi connectivity index (χ1v) is 5.57. The largest absolute Gasteiger partial charge is 0.329 e. The van der Waals surface area contributed by atoms with E-state index in [-0.39, 0.29) is 6.04 Å². The van der Waals surface area contributed by atoms with Gasteiger partial charge in [0.2, 0.25) is 10.0 Å². The number of nitrogens with two attached hydrogens (primary N) is 1. The predicted molar refractivity (Wildman–Crippen MR) is 43.6 cm³/mol. The van der Waals surface area contributed by atoms with Gasteiger partial charge in [-0.3, -0.25) is 0 Å². The third-order valence-corrected chi connectivity index (χ3v) is 3.35. The fourth-order valence-electron chi connectivity index (χ4n) is 1.48. The van der Waals surface area contributed by atoms with Gasteiger partial charge in [-0.05, 0) is 12.8 Å². The molecule has 0 radical (unpaired) electrons. The number of rotatable bonds is 2. The minimum atomic E-state index is -3.01. The van der Waals surface area contributed by atoms with Crippen molar-refractivity contribution in [1.29, 1.82) is 0 Å². The quantitative estimate of drug-likeness (QED) is 0.612. The molecule has 0 aromatic rings. The van der Waals surface area contributed by atoms with Gasteiger partial charge in [0.1, 0.15) is 0 Å². The van der Waals surface area contributed by atoms with E-state index in [0.717, 1.165) is 12.8 Å². The minimum Gasteiger partial charge on any atom is -0.329 e. The van der Waals surface area contributed by atoms with Crippen molar-refractivity contribution < 1.29 is 8.42 Å². The van der Waals surface area contributed by atoms with Crippen LogP contribution in [-0.2, 0) is 10.0 Å². The molecule has 1 aliphatic heterocycles. The van der Waals surface area contributed by atoms with Crippen molar-refractivity contribution in [3.05, 3.63) is 0 Å². The Kier molecular flexibility index (Phi) is 2.51. The topological polar surface area (TPSA) is 63.4 Å². The van der Waals surface area contributed by atoms with Gasteiger partial charge in [-0.25, -0.2) is 8.42 Å². The highest BCUT2D eigenvalue weighted by atomic mass is 32.2. The van der Waals surface area contributed by atoms with Crippen molar-refractivity contribution in [2.75, 3.05) is 19.3 Å². The molecule has 0 amide bonds. The Morgan fingerprint density at radius 2 is 2.27 bits per heavy atom. The molecule has 66 valence electrons. The Bertz CT molecular complexity index is 225. The van der Waals surface area contributed by atoms with Gasteiger partial charge in [0, 0.05) is 19.1 Å².